The first-order valence-electron chi connectivity index (χ1n) is 8.62. The molecule has 1 aromatic carbocycles. The Labute approximate surface area is 141 Å². The van der Waals surface area contributed by atoms with E-state index in [1.807, 2.05) is 30.3 Å². The number of benzene rings is 1. The predicted octanol–water partition coefficient (Wildman–Crippen LogP) is 2.13. The number of nitrogens with zero attached hydrogens (tertiary/aromatic N) is 3. The molecule has 1 saturated heterocycles. The lowest BCUT2D eigenvalue weighted by atomic mass is 9.97. The van der Waals surface area contributed by atoms with Gasteiger partial charge in [-0.25, -0.2) is 4.79 Å². The van der Waals surface area contributed by atoms with Gasteiger partial charge < -0.3 is 5.11 Å². The van der Waals surface area contributed by atoms with Crippen LogP contribution < -0.4 is 5.76 Å². The minimum absolute atomic E-state index is 0.183. The second kappa shape index (κ2) is 7.32. The fourth-order valence-corrected chi connectivity index (χ4v) is 3.57. The highest BCUT2D eigenvalue weighted by Gasteiger charge is 2.27. The van der Waals surface area contributed by atoms with E-state index in [2.05, 4.69) is 23.9 Å². The van der Waals surface area contributed by atoms with E-state index in [1.165, 1.54) is 11.0 Å². The number of β-amino-alcohol motifs (C(OH)–C–C–N with tert-alkyl or cyclic N) is 1. The summed E-state index contributed by atoms with van der Waals surface area (Å²) in [7, 11) is 0. The van der Waals surface area contributed by atoms with Gasteiger partial charge >= 0.3 is 5.76 Å². The highest BCUT2D eigenvalue weighted by Crippen LogP contribution is 2.23. The van der Waals surface area contributed by atoms with Crippen LogP contribution in [-0.4, -0.2) is 44.5 Å². The van der Waals surface area contributed by atoms with Crippen LogP contribution in [0.5, 0.6) is 0 Å². The van der Waals surface area contributed by atoms with Crippen LogP contribution in [0.25, 0.3) is 11.4 Å². The Kier molecular flexibility index (Phi) is 5.16. The van der Waals surface area contributed by atoms with Gasteiger partial charge in [0.1, 0.15) is 0 Å². The molecule has 2 aromatic rings. The molecule has 130 valence electrons. The number of rotatable bonds is 5. The lowest BCUT2D eigenvalue weighted by molar-refractivity contribution is 0.0341. The number of hydrogen-bond donors (Lipinski definition) is 1. The maximum atomic E-state index is 12.0. The molecule has 0 radical (unpaired) electrons. The zero-order chi connectivity index (χ0) is 17.1. The molecule has 1 aliphatic rings. The Morgan fingerprint density at radius 3 is 2.54 bits per heavy atom. The third-order valence-electron chi connectivity index (χ3n) is 4.91. The number of aliphatic hydroxyl groups excluding tert-OH is 1. The molecular weight excluding hydrogens is 306 g/mol. The van der Waals surface area contributed by atoms with Crippen LogP contribution in [0.15, 0.2) is 39.6 Å². The topological polar surface area (TPSA) is 71.5 Å². The minimum Gasteiger partial charge on any atom is -0.390 e. The summed E-state index contributed by atoms with van der Waals surface area (Å²) in [6, 6.07) is 10.3. The molecule has 0 spiro atoms. The molecule has 6 nitrogen and oxygen atoms in total. The molecule has 24 heavy (non-hydrogen) atoms. The molecule has 1 aliphatic heterocycles. The van der Waals surface area contributed by atoms with Gasteiger partial charge in [0.25, 0.3) is 0 Å². The van der Waals surface area contributed by atoms with Crippen LogP contribution in [0.1, 0.15) is 33.1 Å². The maximum Gasteiger partial charge on any atom is 0.441 e. The number of piperidine rings is 1. The van der Waals surface area contributed by atoms with Crippen molar-refractivity contribution in [2.24, 2.45) is 0 Å². The molecule has 0 bridgehead atoms. The second-order valence-corrected chi connectivity index (χ2v) is 6.73. The average Bonchev–Trinajstić information content (AvgIpc) is 2.93. The maximum absolute atomic E-state index is 12.0. The molecule has 1 aromatic heterocycles. The molecule has 1 N–H and O–H groups in total. The summed E-state index contributed by atoms with van der Waals surface area (Å²) in [5, 5.41) is 14.4. The third-order valence-corrected chi connectivity index (χ3v) is 4.91. The van der Waals surface area contributed by atoms with Crippen molar-refractivity contribution in [1.82, 2.24) is 14.6 Å². The van der Waals surface area contributed by atoms with Crippen molar-refractivity contribution >= 4 is 0 Å². The van der Waals surface area contributed by atoms with Crippen molar-refractivity contribution in [3.8, 4) is 11.4 Å². The summed E-state index contributed by atoms with van der Waals surface area (Å²) >= 11 is 0. The first-order chi connectivity index (χ1) is 11.6. The third kappa shape index (κ3) is 3.60. The van der Waals surface area contributed by atoms with E-state index < -0.39 is 11.9 Å². The normalized spacial score (nSPS) is 23.3. The van der Waals surface area contributed by atoms with Crippen LogP contribution in [0.4, 0.5) is 0 Å². The molecular formula is C18H25N3O3. The number of aliphatic hydroxyl groups is 1. The second-order valence-electron chi connectivity index (χ2n) is 6.73. The Bertz CT molecular complexity index is 700. The van der Waals surface area contributed by atoms with E-state index in [9.17, 15) is 9.90 Å². The van der Waals surface area contributed by atoms with Gasteiger partial charge in [-0.2, -0.15) is 0 Å². The summed E-state index contributed by atoms with van der Waals surface area (Å²) in [6.07, 6.45) is 2.89. The van der Waals surface area contributed by atoms with Crippen molar-refractivity contribution < 1.29 is 9.63 Å². The van der Waals surface area contributed by atoms with Crippen molar-refractivity contribution in [2.75, 3.05) is 6.54 Å². The van der Waals surface area contributed by atoms with Crippen molar-refractivity contribution in [3.63, 3.8) is 0 Å². The summed E-state index contributed by atoms with van der Waals surface area (Å²) in [6.45, 7) is 5.13. The van der Waals surface area contributed by atoms with Crippen LogP contribution in [0.3, 0.4) is 0 Å². The fourth-order valence-electron chi connectivity index (χ4n) is 3.57. The summed E-state index contributed by atoms with van der Waals surface area (Å²) in [5.74, 6) is -0.0768. The standard InChI is InChI=1S/C18H25N3O3/c1-13-7-6-8-14(2)20(13)11-16(22)12-21-17(19-24-18(21)23)15-9-4-3-5-10-15/h3-5,9-10,13-14,16,22H,6-8,11-12H2,1-2H3. The number of likely N-dealkylation sites (tertiary alicyclic amines) is 1. The smallest absolute Gasteiger partial charge is 0.390 e. The fraction of sp³-hybridized carbons (Fsp3) is 0.556. The van der Waals surface area contributed by atoms with Gasteiger partial charge in [0, 0.05) is 24.2 Å². The summed E-state index contributed by atoms with van der Waals surface area (Å²) in [4.78, 5) is 14.3. The summed E-state index contributed by atoms with van der Waals surface area (Å²) < 4.78 is 6.23. The monoisotopic (exact) mass is 331 g/mol. The van der Waals surface area contributed by atoms with Crippen LogP contribution in [0.2, 0.25) is 0 Å². The van der Waals surface area contributed by atoms with Crippen LogP contribution in [0, 0.1) is 0 Å². The average molecular weight is 331 g/mol. The van der Waals surface area contributed by atoms with E-state index in [-0.39, 0.29) is 6.54 Å². The van der Waals surface area contributed by atoms with Crippen LogP contribution >= 0.6 is 0 Å². The highest BCUT2D eigenvalue weighted by molar-refractivity contribution is 5.54. The molecule has 2 heterocycles. The van der Waals surface area contributed by atoms with E-state index in [0.717, 1.165) is 18.4 Å². The van der Waals surface area contributed by atoms with E-state index in [1.54, 1.807) is 0 Å². The largest absolute Gasteiger partial charge is 0.441 e. The van der Waals surface area contributed by atoms with Crippen molar-refractivity contribution in [2.45, 2.75) is 57.8 Å². The van der Waals surface area contributed by atoms with Crippen molar-refractivity contribution in [1.29, 1.82) is 0 Å². The van der Waals surface area contributed by atoms with Gasteiger partial charge in [-0.3, -0.25) is 14.0 Å². The van der Waals surface area contributed by atoms with Crippen LogP contribution in [-0.2, 0) is 6.54 Å². The van der Waals surface area contributed by atoms with E-state index in [4.69, 9.17) is 4.52 Å². The molecule has 3 atom stereocenters. The van der Waals surface area contributed by atoms with Gasteiger partial charge in [0.2, 0.25) is 0 Å². The van der Waals surface area contributed by atoms with Gasteiger partial charge in [-0.1, -0.05) is 41.9 Å². The van der Waals surface area contributed by atoms with Crippen molar-refractivity contribution in [3.05, 3.63) is 40.9 Å². The van der Waals surface area contributed by atoms with E-state index >= 15 is 0 Å². The first-order valence-corrected chi connectivity index (χ1v) is 8.62. The molecule has 3 unspecified atom stereocenters. The van der Waals surface area contributed by atoms with E-state index in [0.29, 0.717) is 24.5 Å². The molecule has 1 fully saturated rings. The number of hydrogen-bond acceptors (Lipinski definition) is 5. The molecule has 6 heteroatoms. The molecule has 3 rings (SSSR count). The zero-order valence-electron chi connectivity index (χ0n) is 14.3. The summed E-state index contributed by atoms with van der Waals surface area (Å²) in [5.41, 5.74) is 0.801. The minimum atomic E-state index is -0.646. The predicted molar refractivity (Wildman–Crippen MR) is 91.7 cm³/mol. The van der Waals surface area contributed by atoms with Gasteiger partial charge in [-0.05, 0) is 26.7 Å². The number of aromatic nitrogens is 2. The van der Waals surface area contributed by atoms with Gasteiger partial charge in [-0.15, -0.1) is 0 Å². The SMILES string of the molecule is CC1CCCC(C)N1CC(O)Cn1c(-c2ccccc2)noc1=O. The molecule has 0 aliphatic carbocycles. The lowest BCUT2D eigenvalue weighted by Gasteiger charge is -2.40. The zero-order valence-corrected chi connectivity index (χ0v) is 14.3. The quantitative estimate of drug-likeness (QED) is 0.909. The Morgan fingerprint density at radius 2 is 1.88 bits per heavy atom. The Morgan fingerprint density at radius 1 is 1.21 bits per heavy atom. The Hall–Kier alpha value is -1.92. The molecule has 0 saturated carbocycles. The highest BCUT2D eigenvalue weighted by atomic mass is 16.5. The Balaban J connectivity index is 1.74. The first kappa shape index (κ1) is 16.9. The lowest BCUT2D eigenvalue weighted by Crippen LogP contribution is -2.48. The van der Waals surface area contributed by atoms with Gasteiger partial charge in [0.15, 0.2) is 5.82 Å². The van der Waals surface area contributed by atoms with Gasteiger partial charge in [0.05, 0.1) is 12.6 Å². The molecule has 0 amide bonds.